The van der Waals surface area contributed by atoms with Gasteiger partial charge in [-0.15, -0.1) is 0 Å². The van der Waals surface area contributed by atoms with E-state index in [0.29, 0.717) is 0 Å². The first-order valence-electron chi connectivity index (χ1n) is 5.84. The molecule has 0 aromatic heterocycles. The lowest BCUT2D eigenvalue weighted by Gasteiger charge is -2.16. The summed E-state index contributed by atoms with van der Waals surface area (Å²) in [6.45, 7) is 3.88. The maximum absolute atomic E-state index is 12.0. The van der Waals surface area contributed by atoms with E-state index in [4.69, 9.17) is 0 Å². The van der Waals surface area contributed by atoms with E-state index < -0.39 is 0 Å². The van der Waals surface area contributed by atoms with Crippen molar-refractivity contribution in [2.75, 3.05) is 25.5 Å². The second kappa shape index (κ2) is 4.56. The lowest BCUT2D eigenvalue weighted by atomic mass is 10.1. The number of carbonyl (C=O) groups excluding carboxylic acids is 1. The second-order valence-corrected chi connectivity index (χ2v) is 4.28. The van der Waals surface area contributed by atoms with Crippen molar-refractivity contribution >= 4 is 11.6 Å². The number of carbonyl (C=O) groups is 1. The predicted octanol–water partition coefficient (Wildman–Crippen LogP) is 2.14. The molecule has 2 rings (SSSR count). The van der Waals surface area contributed by atoms with Crippen LogP contribution >= 0.6 is 0 Å². The van der Waals surface area contributed by atoms with E-state index >= 15 is 0 Å². The van der Waals surface area contributed by atoms with Crippen LogP contribution in [0.5, 0.6) is 0 Å². The average Bonchev–Trinajstić information content (AvgIpc) is 2.75. The number of rotatable bonds is 3. The molecule has 1 N–H and O–H groups in total. The zero-order chi connectivity index (χ0) is 11.5. The van der Waals surface area contributed by atoms with Gasteiger partial charge in [-0.3, -0.25) is 4.79 Å². The van der Waals surface area contributed by atoms with Crippen molar-refractivity contribution in [2.45, 2.75) is 19.8 Å². The van der Waals surface area contributed by atoms with E-state index in [2.05, 4.69) is 12.2 Å². The molecule has 3 nitrogen and oxygen atoms in total. The van der Waals surface area contributed by atoms with Crippen molar-refractivity contribution in [1.82, 2.24) is 4.90 Å². The molecule has 0 unspecified atom stereocenters. The summed E-state index contributed by atoms with van der Waals surface area (Å²) in [6, 6.07) is 5.94. The number of anilines is 1. The lowest BCUT2D eigenvalue weighted by Crippen LogP contribution is -2.27. The van der Waals surface area contributed by atoms with Crippen LogP contribution in [0, 0.1) is 0 Å². The third kappa shape index (κ3) is 2.03. The maximum atomic E-state index is 12.0. The minimum atomic E-state index is 0.122. The summed E-state index contributed by atoms with van der Waals surface area (Å²) in [6.07, 6.45) is 2.02. The molecule has 1 aromatic carbocycles. The van der Waals surface area contributed by atoms with E-state index in [1.807, 2.05) is 25.2 Å². The Labute approximate surface area is 96.5 Å². The molecule has 1 aromatic rings. The molecule has 86 valence electrons. The summed E-state index contributed by atoms with van der Waals surface area (Å²) < 4.78 is 0. The predicted molar refractivity (Wildman–Crippen MR) is 65.9 cm³/mol. The third-order valence-electron chi connectivity index (χ3n) is 2.97. The van der Waals surface area contributed by atoms with Gasteiger partial charge in [0.2, 0.25) is 0 Å². The summed E-state index contributed by atoms with van der Waals surface area (Å²) in [4.78, 5) is 13.8. The Hall–Kier alpha value is -1.51. The molecule has 1 aliphatic rings. The van der Waals surface area contributed by atoms with Gasteiger partial charge in [0.1, 0.15) is 0 Å². The number of hydrogen-bond donors (Lipinski definition) is 1. The molecule has 0 spiro atoms. The SMILES string of the molecule is CCCN(C)C(=O)c1ccc2c(c1)CCN2. The third-order valence-corrected chi connectivity index (χ3v) is 2.97. The standard InChI is InChI=1S/C13H18N2O/c1-3-8-15(2)13(16)11-4-5-12-10(9-11)6-7-14-12/h4-5,9,14H,3,6-8H2,1-2H3. The fraction of sp³-hybridized carbons (Fsp3) is 0.462. The molecule has 1 heterocycles. The molecule has 0 fully saturated rings. The summed E-state index contributed by atoms with van der Waals surface area (Å²) >= 11 is 0. The van der Waals surface area contributed by atoms with Crippen molar-refractivity contribution in [3.63, 3.8) is 0 Å². The summed E-state index contributed by atoms with van der Waals surface area (Å²) in [5, 5.41) is 3.30. The van der Waals surface area contributed by atoms with Crippen LogP contribution in [0.2, 0.25) is 0 Å². The van der Waals surface area contributed by atoms with Crippen molar-refractivity contribution in [3.05, 3.63) is 29.3 Å². The highest BCUT2D eigenvalue weighted by molar-refractivity contribution is 5.94. The average molecular weight is 218 g/mol. The van der Waals surface area contributed by atoms with E-state index in [1.165, 1.54) is 11.3 Å². The first-order chi connectivity index (χ1) is 7.72. The van der Waals surface area contributed by atoms with E-state index in [9.17, 15) is 4.79 Å². The number of nitrogens with one attached hydrogen (secondary N) is 1. The largest absolute Gasteiger partial charge is 0.384 e. The lowest BCUT2D eigenvalue weighted by molar-refractivity contribution is 0.0795. The van der Waals surface area contributed by atoms with E-state index in [-0.39, 0.29) is 5.91 Å². The van der Waals surface area contributed by atoms with Gasteiger partial charge in [-0.1, -0.05) is 6.92 Å². The Morgan fingerprint density at radius 3 is 3.06 bits per heavy atom. The molecule has 1 amide bonds. The van der Waals surface area contributed by atoms with Crippen LogP contribution in [0.3, 0.4) is 0 Å². The molecule has 0 atom stereocenters. The van der Waals surface area contributed by atoms with Gasteiger partial charge >= 0.3 is 0 Å². The maximum Gasteiger partial charge on any atom is 0.253 e. The Kier molecular flexibility index (Phi) is 3.13. The Morgan fingerprint density at radius 1 is 1.50 bits per heavy atom. The molecule has 3 heteroatoms. The summed E-state index contributed by atoms with van der Waals surface area (Å²) in [5.74, 6) is 0.122. The number of hydrogen-bond acceptors (Lipinski definition) is 2. The molecule has 0 saturated carbocycles. The Balaban J connectivity index is 2.18. The fourth-order valence-corrected chi connectivity index (χ4v) is 2.10. The number of benzene rings is 1. The zero-order valence-corrected chi connectivity index (χ0v) is 9.92. The highest BCUT2D eigenvalue weighted by atomic mass is 16.2. The summed E-state index contributed by atoms with van der Waals surface area (Å²) in [5.41, 5.74) is 3.24. The van der Waals surface area contributed by atoms with Crippen LogP contribution in [0.1, 0.15) is 29.3 Å². The molecule has 0 aliphatic carbocycles. The Morgan fingerprint density at radius 2 is 2.31 bits per heavy atom. The first-order valence-corrected chi connectivity index (χ1v) is 5.84. The van der Waals surface area contributed by atoms with Crippen molar-refractivity contribution in [2.24, 2.45) is 0 Å². The number of amides is 1. The van der Waals surface area contributed by atoms with Gasteiger partial charge in [-0.2, -0.15) is 0 Å². The number of nitrogens with zero attached hydrogens (tertiary/aromatic N) is 1. The summed E-state index contributed by atoms with van der Waals surface area (Å²) in [7, 11) is 1.86. The molecule has 0 saturated heterocycles. The van der Waals surface area contributed by atoms with Crippen LogP contribution in [0.25, 0.3) is 0 Å². The van der Waals surface area contributed by atoms with Crippen LogP contribution in [-0.2, 0) is 6.42 Å². The fourth-order valence-electron chi connectivity index (χ4n) is 2.10. The molecular weight excluding hydrogens is 200 g/mol. The quantitative estimate of drug-likeness (QED) is 0.843. The highest BCUT2D eigenvalue weighted by Gasteiger charge is 2.15. The van der Waals surface area contributed by atoms with Gasteiger partial charge in [0.05, 0.1) is 0 Å². The minimum Gasteiger partial charge on any atom is -0.384 e. The van der Waals surface area contributed by atoms with Gasteiger partial charge in [-0.05, 0) is 36.6 Å². The van der Waals surface area contributed by atoms with Gasteiger partial charge in [-0.25, -0.2) is 0 Å². The number of fused-ring (bicyclic) bond motifs is 1. The topological polar surface area (TPSA) is 32.3 Å². The van der Waals surface area contributed by atoms with Crippen molar-refractivity contribution < 1.29 is 4.79 Å². The van der Waals surface area contributed by atoms with Crippen LogP contribution in [0.4, 0.5) is 5.69 Å². The highest BCUT2D eigenvalue weighted by Crippen LogP contribution is 2.23. The van der Waals surface area contributed by atoms with Crippen LogP contribution in [0.15, 0.2) is 18.2 Å². The van der Waals surface area contributed by atoms with Crippen molar-refractivity contribution in [1.29, 1.82) is 0 Å². The smallest absolute Gasteiger partial charge is 0.253 e. The van der Waals surface area contributed by atoms with E-state index in [1.54, 1.807) is 4.90 Å². The van der Waals surface area contributed by atoms with Crippen molar-refractivity contribution in [3.8, 4) is 0 Å². The van der Waals surface area contributed by atoms with E-state index in [0.717, 1.165) is 31.5 Å². The van der Waals surface area contributed by atoms with Crippen LogP contribution < -0.4 is 5.32 Å². The second-order valence-electron chi connectivity index (χ2n) is 4.28. The van der Waals surface area contributed by atoms with Gasteiger partial charge < -0.3 is 10.2 Å². The van der Waals surface area contributed by atoms with Gasteiger partial charge in [0, 0.05) is 31.4 Å². The first kappa shape index (κ1) is 11.0. The zero-order valence-electron chi connectivity index (χ0n) is 9.92. The molecule has 0 radical (unpaired) electrons. The normalized spacial score (nSPS) is 13.1. The van der Waals surface area contributed by atoms with Crippen LogP contribution in [-0.4, -0.2) is 30.9 Å². The van der Waals surface area contributed by atoms with Gasteiger partial charge in [0.25, 0.3) is 5.91 Å². The monoisotopic (exact) mass is 218 g/mol. The molecule has 16 heavy (non-hydrogen) atoms. The molecule has 1 aliphatic heterocycles. The minimum absolute atomic E-state index is 0.122. The van der Waals surface area contributed by atoms with Gasteiger partial charge in [0.15, 0.2) is 0 Å². The molecule has 0 bridgehead atoms. The molecular formula is C13H18N2O. The Bertz CT molecular complexity index is 401.